The molecule has 3 aromatic rings. The van der Waals surface area contributed by atoms with Gasteiger partial charge < -0.3 is 4.90 Å². The Kier molecular flexibility index (Phi) is 4.78. The van der Waals surface area contributed by atoms with E-state index in [2.05, 4.69) is 28.1 Å². The fraction of sp³-hybridized carbons (Fsp3) is 0.160. The van der Waals surface area contributed by atoms with Crippen LogP contribution in [0.5, 0.6) is 0 Å². The minimum Gasteiger partial charge on any atom is -0.351 e. The van der Waals surface area contributed by atoms with E-state index < -0.39 is 23.4 Å². The number of hydrogen-bond donors (Lipinski definition) is 0. The maximum atomic E-state index is 13.9. The van der Waals surface area contributed by atoms with Gasteiger partial charge in [-0.05, 0) is 39.7 Å². The predicted octanol–water partition coefficient (Wildman–Crippen LogP) is 5.79. The highest BCUT2D eigenvalue weighted by Gasteiger charge is 2.63. The average Bonchev–Trinajstić information content (AvgIpc) is 3.37. The third-order valence-corrected chi connectivity index (χ3v) is 7.85. The number of fused-ring (bicyclic) bond motifs is 3. The minimum atomic E-state index is -1.40. The standard InChI is InChI=1S/C25H16BrN3OS/c26-21-13-11-19(31-21)22-23(24(30)17-7-2-1-3-8-17)29-18-9-5-4-6-16(18)10-12-20(29)25(22,14-27)15-28/h1-13,20,22-23H/t20-,22-,23+/m1/s1. The summed E-state index contributed by atoms with van der Waals surface area (Å²) in [5, 5.41) is 20.7. The first-order chi connectivity index (χ1) is 15.1. The number of rotatable bonds is 3. The number of anilines is 1. The van der Waals surface area contributed by atoms with E-state index >= 15 is 0 Å². The van der Waals surface area contributed by atoms with Gasteiger partial charge in [0.1, 0.15) is 6.04 Å². The van der Waals surface area contributed by atoms with Crippen LogP contribution in [0.25, 0.3) is 6.08 Å². The molecule has 1 saturated heterocycles. The second-order valence-corrected chi connectivity index (χ2v) is 10.2. The van der Waals surface area contributed by atoms with E-state index in [1.54, 1.807) is 12.1 Å². The van der Waals surface area contributed by atoms with Gasteiger partial charge >= 0.3 is 0 Å². The molecule has 5 rings (SSSR count). The highest BCUT2D eigenvalue weighted by Crippen LogP contribution is 2.56. The number of halogens is 1. The Morgan fingerprint density at radius 2 is 1.71 bits per heavy atom. The zero-order valence-corrected chi connectivity index (χ0v) is 18.7. The lowest BCUT2D eigenvalue weighted by Gasteiger charge is -2.35. The summed E-state index contributed by atoms with van der Waals surface area (Å²) in [6, 6.07) is 24.2. The van der Waals surface area contributed by atoms with Crippen LogP contribution in [0.15, 0.2) is 76.6 Å². The number of carbonyl (C=O) groups excluding carboxylic acids is 1. The van der Waals surface area contributed by atoms with Gasteiger partial charge in [0.05, 0.1) is 27.9 Å². The summed E-state index contributed by atoms with van der Waals surface area (Å²) in [7, 11) is 0. The molecule has 2 aliphatic heterocycles. The molecule has 150 valence electrons. The van der Waals surface area contributed by atoms with E-state index in [-0.39, 0.29) is 5.78 Å². The number of nitriles is 2. The molecule has 0 unspecified atom stereocenters. The van der Waals surface area contributed by atoms with Crippen LogP contribution in [-0.4, -0.2) is 17.9 Å². The van der Waals surface area contributed by atoms with Crippen LogP contribution in [0.1, 0.15) is 26.7 Å². The van der Waals surface area contributed by atoms with Gasteiger partial charge in [-0.25, -0.2) is 0 Å². The molecular formula is C25H16BrN3OS. The normalized spacial score (nSPS) is 22.8. The zero-order chi connectivity index (χ0) is 21.6. The van der Waals surface area contributed by atoms with E-state index in [1.165, 1.54) is 11.3 Å². The highest BCUT2D eigenvalue weighted by atomic mass is 79.9. The maximum absolute atomic E-state index is 13.9. The molecule has 3 atom stereocenters. The van der Waals surface area contributed by atoms with Gasteiger partial charge in [0.2, 0.25) is 0 Å². The van der Waals surface area contributed by atoms with Crippen molar-refractivity contribution in [1.82, 2.24) is 0 Å². The molecule has 0 saturated carbocycles. The molecule has 0 aliphatic carbocycles. The first kappa shape index (κ1) is 19.8. The SMILES string of the molecule is N#CC1(C#N)[C@H](c2ccc(Br)s2)[C@@H](C(=O)c2ccccc2)N2c3ccccc3C=C[C@@H]21. The Bertz CT molecular complexity index is 1270. The largest absolute Gasteiger partial charge is 0.351 e. The lowest BCUT2D eigenvalue weighted by atomic mass is 9.71. The number of carbonyl (C=O) groups is 1. The molecule has 1 aromatic heterocycles. The van der Waals surface area contributed by atoms with Crippen molar-refractivity contribution < 1.29 is 4.79 Å². The Hall–Kier alpha value is -3.19. The molecule has 0 radical (unpaired) electrons. The van der Waals surface area contributed by atoms with Gasteiger partial charge in [0.15, 0.2) is 11.2 Å². The molecule has 4 nitrogen and oxygen atoms in total. The number of nitrogens with zero attached hydrogens (tertiary/aromatic N) is 3. The van der Waals surface area contributed by atoms with Crippen molar-refractivity contribution in [3.63, 3.8) is 0 Å². The minimum absolute atomic E-state index is 0.0856. The number of Topliss-reactive ketones (excluding diaryl/α,β-unsaturated/α-hetero) is 1. The smallest absolute Gasteiger partial charge is 0.185 e. The average molecular weight is 486 g/mol. The van der Waals surface area contributed by atoms with Crippen LogP contribution in [0.2, 0.25) is 0 Å². The summed E-state index contributed by atoms with van der Waals surface area (Å²) in [5.74, 6) is -0.676. The maximum Gasteiger partial charge on any atom is 0.185 e. The molecule has 2 aromatic carbocycles. The summed E-state index contributed by atoms with van der Waals surface area (Å²) in [5.41, 5.74) is 1.02. The summed E-state index contributed by atoms with van der Waals surface area (Å²) in [6.07, 6.45) is 3.86. The molecule has 0 amide bonds. The highest BCUT2D eigenvalue weighted by molar-refractivity contribution is 9.11. The quantitative estimate of drug-likeness (QED) is 0.439. The number of hydrogen-bond acceptors (Lipinski definition) is 5. The first-order valence-electron chi connectivity index (χ1n) is 9.83. The van der Waals surface area contributed by atoms with E-state index in [0.29, 0.717) is 5.56 Å². The van der Waals surface area contributed by atoms with Crippen molar-refractivity contribution >= 4 is 44.8 Å². The molecule has 0 spiro atoms. The number of ketones is 1. The van der Waals surface area contributed by atoms with E-state index in [4.69, 9.17) is 0 Å². The molecule has 6 heteroatoms. The number of thiophene rings is 1. The van der Waals surface area contributed by atoms with Crippen molar-refractivity contribution in [3.05, 3.63) is 92.6 Å². The summed E-state index contributed by atoms with van der Waals surface area (Å²) >= 11 is 4.98. The fourth-order valence-corrected chi connectivity index (χ4v) is 6.44. The van der Waals surface area contributed by atoms with Gasteiger partial charge in [-0.2, -0.15) is 10.5 Å². The van der Waals surface area contributed by atoms with Crippen molar-refractivity contribution in [2.45, 2.75) is 18.0 Å². The Morgan fingerprint density at radius 3 is 2.39 bits per heavy atom. The van der Waals surface area contributed by atoms with Crippen molar-refractivity contribution in [1.29, 1.82) is 10.5 Å². The van der Waals surface area contributed by atoms with Crippen LogP contribution >= 0.6 is 27.3 Å². The molecule has 1 fully saturated rings. The molecule has 31 heavy (non-hydrogen) atoms. The summed E-state index contributed by atoms with van der Waals surface area (Å²) < 4.78 is 0.902. The first-order valence-corrected chi connectivity index (χ1v) is 11.4. The van der Waals surface area contributed by atoms with Crippen LogP contribution in [0.4, 0.5) is 5.69 Å². The van der Waals surface area contributed by atoms with Crippen LogP contribution in [-0.2, 0) is 0 Å². The Labute approximate surface area is 192 Å². The fourth-order valence-electron chi connectivity index (χ4n) is 4.81. The molecule has 0 bridgehead atoms. The van der Waals surface area contributed by atoms with E-state index in [0.717, 1.165) is 19.9 Å². The molecule has 0 N–H and O–H groups in total. The molecule has 3 heterocycles. The van der Waals surface area contributed by atoms with Gasteiger partial charge in [-0.1, -0.05) is 60.7 Å². The lowest BCUT2D eigenvalue weighted by molar-refractivity contribution is 0.0951. The third-order valence-electron chi connectivity index (χ3n) is 6.14. The second-order valence-electron chi connectivity index (χ2n) is 7.66. The zero-order valence-electron chi connectivity index (χ0n) is 16.3. The van der Waals surface area contributed by atoms with Crippen molar-refractivity contribution in [2.75, 3.05) is 4.90 Å². The Balaban J connectivity index is 1.79. The Morgan fingerprint density at radius 1 is 1.00 bits per heavy atom. The van der Waals surface area contributed by atoms with E-state index in [9.17, 15) is 15.3 Å². The third kappa shape index (κ3) is 2.87. The molecular weight excluding hydrogens is 470 g/mol. The van der Waals surface area contributed by atoms with Crippen molar-refractivity contribution in [2.24, 2.45) is 5.41 Å². The van der Waals surface area contributed by atoms with Gasteiger partial charge in [0, 0.05) is 16.1 Å². The second kappa shape index (κ2) is 7.50. The van der Waals surface area contributed by atoms with E-state index in [1.807, 2.05) is 71.6 Å². The van der Waals surface area contributed by atoms with Gasteiger partial charge in [-0.15, -0.1) is 11.3 Å². The summed E-state index contributed by atoms with van der Waals surface area (Å²) in [6.45, 7) is 0. The van der Waals surface area contributed by atoms with Crippen LogP contribution in [0, 0.1) is 28.1 Å². The monoisotopic (exact) mass is 485 g/mol. The predicted molar refractivity (Wildman–Crippen MR) is 125 cm³/mol. The number of para-hydroxylation sites is 1. The lowest BCUT2D eigenvalue weighted by Crippen LogP contribution is -2.44. The summed E-state index contributed by atoms with van der Waals surface area (Å²) in [4.78, 5) is 16.8. The van der Waals surface area contributed by atoms with Crippen molar-refractivity contribution in [3.8, 4) is 12.1 Å². The van der Waals surface area contributed by atoms with Gasteiger partial charge in [0.25, 0.3) is 0 Å². The van der Waals surface area contributed by atoms with Crippen LogP contribution < -0.4 is 4.90 Å². The van der Waals surface area contributed by atoms with Crippen LogP contribution in [0.3, 0.4) is 0 Å². The van der Waals surface area contributed by atoms with Gasteiger partial charge in [-0.3, -0.25) is 4.79 Å². The topological polar surface area (TPSA) is 67.9 Å². The number of benzene rings is 2. The molecule has 2 aliphatic rings.